The fraction of sp³-hybridized carbons (Fsp3) is 0.389. The van der Waals surface area contributed by atoms with Gasteiger partial charge in [0.05, 0.1) is 46.0 Å². The summed E-state index contributed by atoms with van der Waals surface area (Å²) in [4.78, 5) is 1.58. The summed E-state index contributed by atoms with van der Waals surface area (Å²) in [5.41, 5.74) is 1.08. The maximum atomic E-state index is 5.79. The van der Waals surface area contributed by atoms with E-state index >= 15 is 0 Å². The van der Waals surface area contributed by atoms with Gasteiger partial charge in [-0.25, -0.2) is 0 Å². The number of fused-ring (bicyclic) bond motifs is 1. The van der Waals surface area contributed by atoms with Gasteiger partial charge in [-0.2, -0.15) is 5.10 Å². The van der Waals surface area contributed by atoms with Crippen LogP contribution in [0.2, 0.25) is 0 Å². The Balaban J connectivity index is 1.91. The van der Waals surface area contributed by atoms with E-state index in [0.717, 1.165) is 37.5 Å². The van der Waals surface area contributed by atoms with Crippen LogP contribution in [0.5, 0.6) is 5.75 Å². The fourth-order valence-corrected chi connectivity index (χ4v) is 2.82. The summed E-state index contributed by atoms with van der Waals surface area (Å²) in [5.74, 6) is 0.907. The molecule has 0 spiro atoms. The smallest absolute Gasteiger partial charge is 0.128 e. The third kappa shape index (κ3) is 3.22. The van der Waals surface area contributed by atoms with Gasteiger partial charge in [0.25, 0.3) is 0 Å². The van der Waals surface area contributed by atoms with Gasteiger partial charge >= 0.3 is 0 Å². The molecule has 2 aromatic carbocycles. The quantitative estimate of drug-likeness (QED) is 0.865. The maximum Gasteiger partial charge on any atom is 0.128 e. The first-order valence-electron chi connectivity index (χ1n) is 8.02. The minimum Gasteiger partial charge on any atom is -0.493 e. The molecule has 1 aliphatic rings. The van der Waals surface area contributed by atoms with Crippen LogP contribution in [0, 0.1) is 0 Å². The number of likely N-dealkylation sites (N-methyl/N-ethyl adjacent to an activating group) is 1. The molecule has 1 N–H and O–H groups in total. The summed E-state index contributed by atoms with van der Waals surface area (Å²) in [6.45, 7) is 6.99. The molecule has 0 bridgehead atoms. The number of ether oxygens (including phenoxy) is 1. The molecule has 1 aliphatic heterocycles. The Hall–Kier alpha value is -2.07. The molecule has 1 saturated heterocycles. The highest BCUT2D eigenvalue weighted by atomic mass is 16.5. The molecule has 0 aromatic heterocycles. The highest BCUT2D eigenvalue weighted by molar-refractivity contribution is 6.02. The lowest BCUT2D eigenvalue weighted by molar-refractivity contribution is -0.884. The van der Waals surface area contributed by atoms with E-state index in [1.807, 2.05) is 19.2 Å². The lowest BCUT2D eigenvalue weighted by Gasteiger charge is -2.27. The van der Waals surface area contributed by atoms with Crippen molar-refractivity contribution in [1.82, 2.24) is 5.01 Å². The number of benzene rings is 2. The van der Waals surface area contributed by atoms with E-state index in [1.54, 1.807) is 4.90 Å². The monoisotopic (exact) mass is 298 g/mol. The number of piperazine rings is 1. The predicted octanol–water partition coefficient (Wildman–Crippen LogP) is 1.40. The lowest BCUT2D eigenvalue weighted by Crippen LogP contribution is -3.11. The van der Waals surface area contributed by atoms with Gasteiger partial charge in [-0.15, -0.1) is 0 Å². The van der Waals surface area contributed by atoms with Crippen molar-refractivity contribution in [3.8, 4) is 5.75 Å². The van der Waals surface area contributed by atoms with E-state index in [4.69, 9.17) is 9.84 Å². The maximum absolute atomic E-state index is 5.79. The molecule has 1 heterocycles. The van der Waals surface area contributed by atoms with Crippen molar-refractivity contribution < 1.29 is 9.64 Å². The topological polar surface area (TPSA) is 29.3 Å². The van der Waals surface area contributed by atoms with E-state index < -0.39 is 0 Å². The average Bonchev–Trinajstić information content (AvgIpc) is 2.55. The molecule has 2 aromatic rings. The molecule has 0 atom stereocenters. The average molecular weight is 298 g/mol. The van der Waals surface area contributed by atoms with Crippen LogP contribution in [0.25, 0.3) is 10.8 Å². The van der Waals surface area contributed by atoms with Crippen LogP contribution < -0.4 is 9.64 Å². The highest BCUT2D eigenvalue weighted by Gasteiger charge is 2.14. The first-order valence-corrected chi connectivity index (χ1v) is 8.02. The second-order valence-corrected chi connectivity index (χ2v) is 5.79. The summed E-state index contributed by atoms with van der Waals surface area (Å²) in [6.07, 6.45) is 1.97. The molecule has 1 fully saturated rings. The van der Waals surface area contributed by atoms with E-state index in [-0.39, 0.29) is 0 Å². The fourth-order valence-electron chi connectivity index (χ4n) is 2.82. The van der Waals surface area contributed by atoms with Gasteiger partial charge < -0.3 is 9.64 Å². The molecule has 116 valence electrons. The minimum absolute atomic E-state index is 0.664. The molecular formula is C18H24N3O+. The van der Waals surface area contributed by atoms with Crippen molar-refractivity contribution in [1.29, 1.82) is 0 Å². The summed E-state index contributed by atoms with van der Waals surface area (Å²) in [7, 11) is 2.24. The first-order chi connectivity index (χ1) is 10.8. The van der Waals surface area contributed by atoms with Gasteiger partial charge in [-0.05, 0) is 23.8 Å². The molecule has 22 heavy (non-hydrogen) atoms. The van der Waals surface area contributed by atoms with Crippen molar-refractivity contribution in [3.05, 3.63) is 42.0 Å². The third-order valence-electron chi connectivity index (χ3n) is 4.17. The zero-order chi connectivity index (χ0) is 15.4. The largest absolute Gasteiger partial charge is 0.493 e. The zero-order valence-electron chi connectivity index (χ0n) is 13.4. The molecular weight excluding hydrogens is 274 g/mol. The molecule has 4 heteroatoms. The Morgan fingerprint density at radius 3 is 2.73 bits per heavy atom. The number of hydrogen-bond donors (Lipinski definition) is 1. The Labute approximate surface area is 132 Å². The second kappa shape index (κ2) is 6.79. The van der Waals surface area contributed by atoms with Crippen LogP contribution in [0.4, 0.5) is 0 Å². The van der Waals surface area contributed by atoms with E-state index in [2.05, 4.69) is 42.4 Å². The Bertz CT molecular complexity index is 660. The van der Waals surface area contributed by atoms with E-state index in [0.29, 0.717) is 6.61 Å². The third-order valence-corrected chi connectivity index (χ3v) is 4.17. The van der Waals surface area contributed by atoms with Crippen LogP contribution in [0.1, 0.15) is 12.5 Å². The number of hydrazone groups is 1. The molecule has 0 amide bonds. The van der Waals surface area contributed by atoms with Crippen molar-refractivity contribution in [2.24, 2.45) is 5.10 Å². The van der Waals surface area contributed by atoms with E-state index in [9.17, 15) is 0 Å². The Kier molecular flexibility index (Phi) is 4.59. The predicted molar refractivity (Wildman–Crippen MR) is 90.9 cm³/mol. The molecule has 0 radical (unpaired) electrons. The highest BCUT2D eigenvalue weighted by Crippen LogP contribution is 2.26. The normalized spacial score (nSPS) is 16.5. The molecule has 0 saturated carbocycles. The summed E-state index contributed by atoms with van der Waals surface area (Å²) in [5, 5.41) is 9.26. The molecule has 3 rings (SSSR count). The SMILES string of the molecule is CCOc1ccc2ccccc2c1/C=N\N1CC[NH+](C)CC1. The van der Waals surface area contributed by atoms with Gasteiger partial charge in [0.15, 0.2) is 0 Å². The lowest BCUT2D eigenvalue weighted by atomic mass is 10.0. The summed E-state index contributed by atoms with van der Waals surface area (Å²) in [6, 6.07) is 12.5. The Morgan fingerprint density at radius 2 is 1.95 bits per heavy atom. The standard InChI is InChI=1S/C18H23N3O/c1-3-22-18-9-8-15-6-4-5-7-16(15)17(18)14-19-21-12-10-20(2)11-13-21/h4-9,14H,3,10-13H2,1-2H3/p+1/b19-14-. The number of rotatable bonds is 4. The Morgan fingerprint density at radius 1 is 1.18 bits per heavy atom. The number of nitrogens with zero attached hydrogens (tertiary/aromatic N) is 2. The molecule has 0 unspecified atom stereocenters. The summed E-state index contributed by atoms with van der Waals surface area (Å²) >= 11 is 0. The van der Waals surface area contributed by atoms with Crippen LogP contribution in [-0.2, 0) is 0 Å². The van der Waals surface area contributed by atoms with Crippen molar-refractivity contribution in [2.75, 3.05) is 39.8 Å². The van der Waals surface area contributed by atoms with E-state index in [1.165, 1.54) is 10.8 Å². The van der Waals surface area contributed by atoms with Crippen LogP contribution in [0.3, 0.4) is 0 Å². The number of quaternary nitrogens is 1. The number of nitrogens with one attached hydrogen (secondary N) is 1. The van der Waals surface area contributed by atoms with Gasteiger partial charge in [0.1, 0.15) is 5.75 Å². The minimum atomic E-state index is 0.664. The van der Waals surface area contributed by atoms with Crippen molar-refractivity contribution >= 4 is 17.0 Å². The second-order valence-electron chi connectivity index (χ2n) is 5.79. The van der Waals surface area contributed by atoms with Gasteiger partial charge in [-0.1, -0.05) is 30.3 Å². The number of hydrogen-bond acceptors (Lipinski definition) is 3. The van der Waals surface area contributed by atoms with Crippen LogP contribution >= 0.6 is 0 Å². The van der Waals surface area contributed by atoms with Gasteiger partial charge in [0, 0.05) is 5.56 Å². The van der Waals surface area contributed by atoms with Crippen molar-refractivity contribution in [2.45, 2.75) is 6.92 Å². The summed E-state index contributed by atoms with van der Waals surface area (Å²) < 4.78 is 5.79. The van der Waals surface area contributed by atoms with Gasteiger partial charge in [0.2, 0.25) is 0 Å². The zero-order valence-corrected chi connectivity index (χ0v) is 13.4. The van der Waals surface area contributed by atoms with Gasteiger partial charge in [-0.3, -0.25) is 5.01 Å². The van der Waals surface area contributed by atoms with Crippen LogP contribution in [-0.4, -0.2) is 51.1 Å². The first kappa shape index (κ1) is 14.9. The van der Waals surface area contributed by atoms with Crippen LogP contribution in [0.15, 0.2) is 41.5 Å². The van der Waals surface area contributed by atoms with Crippen molar-refractivity contribution in [3.63, 3.8) is 0 Å². The molecule has 4 nitrogen and oxygen atoms in total. The molecule has 0 aliphatic carbocycles.